The number of benzene rings is 1. The van der Waals surface area contributed by atoms with Gasteiger partial charge >= 0.3 is 10.1 Å². The molecule has 0 N–H and O–H groups in total. The summed E-state index contributed by atoms with van der Waals surface area (Å²) in [6, 6.07) is 5.24. The summed E-state index contributed by atoms with van der Waals surface area (Å²) in [4.78, 5) is 14.6. The van der Waals surface area contributed by atoms with Crippen molar-refractivity contribution in [1.29, 1.82) is 0 Å². The number of carbonyl (C=O) groups is 1. The standard InChI is InChI=1S/C18H27NO5S/c1-5-13(2)19(18(20)15-7-6-8-15)12-14-9-10-16(23-3)17(11-14)24-25(4,21)22/h9-11,13,15H,5-8,12H2,1-4H3/t13-/m1/s1. The summed E-state index contributed by atoms with van der Waals surface area (Å²) in [6.45, 7) is 4.51. The van der Waals surface area contributed by atoms with Crippen LogP contribution >= 0.6 is 0 Å². The summed E-state index contributed by atoms with van der Waals surface area (Å²) in [5.41, 5.74) is 0.812. The zero-order chi connectivity index (χ0) is 18.6. The van der Waals surface area contributed by atoms with Crippen LogP contribution in [0, 0.1) is 5.92 Å². The normalized spacial score (nSPS) is 16.0. The minimum Gasteiger partial charge on any atom is -0.493 e. The highest BCUT2D eigenvalue weighted by Crippen LogP contribution is 2.32. The van der Waals surface area contributed by atoms with Crippen LogP contribution in [0.2, 0.25) is 0 Å². The van der Waals surface area contributed by atoms with E-state index in [9.17, 15) is 13.2 Å². The minimum atomic E-state index is -3.66. The average Bonchev–Trinajstić information content (AvgIpc) is 2.48. The molecule has 1 amide bonds. The van der Waals surface area contributed by atoms with Crippen molar-refractivity contribution in [1.82, 2.24) is 4.90 Å². The van der Waals surface area contributed by atoms with Crippen molar-refractivity contribution in [2.45, 2.75) is 52.1 Å². The van der Waals surface area contributed by atoms with E-state index in [2.05, 4.69) is 6.92 Å². The van der Waals surface area contributed by atoms with E-state index in [4.69, 9.17) is 8.92 Å². The molecule has 0 unspecified atom stereocenters. The lowest BCUT2D eigenvalue weighted by Gasteiger charge is -2.35. The van der Waals surface area contributed by atoms with E-state index < -0.39 is 10.1 Å². The first kappa shape index (κ1) is 19.6. The molecular weight excluding hydrogens is 342 g/mol. The maximum Gasteiger partial charge on any atom is 0.306 e. The monoisotopic (exact) mass is 369 g/mol. The van der Waals surface area contributed by atoms with Crippen LogP contribution < -0.4 is 8.92 Å². The Hall–Kier alpha value is -1.76. The third kappa shape index (κ3) is 5.11. The van der Waals surface area contributed by atoms with Gasteiger partial charge in [0, 0.05) is 18.5 Å². The molecule has 2 rings (SSSR count). The van der Waals surface area contributed by atoms with Crippen molar-refractivity contribution >= 4 is 16.0 Å². The van der Waals surface area contributed by atoms with E-state index in [0.29, 0.717) is 12.3 Å². The van der Waals surface area contributed by atoms with Gasteiger partial charge in [-0.1, -0.05) is 19.4 Å². The highest BCUT2D eigenvalue weighted by molar-refractivity contribution is 7.86. The van der Waals surface area contributed by atoms with Crippen LogP contribution in [0.5, 0.6) is 11.5 Å². The van der Waals surface area contributed by atoms with E-state index in [1.807, 2.05) is 17.9 Å². The van der Waals surface area contributed by atoms with Crippen molar-refractivity contribution in [3.63, 3.8) is 0 Å². The lowest BCUT2D eigenvalue weighted by Crippen LogP contribution is -2.43. The molecule has 1 fully saturated rings. The molecule has 6 nitrogen and oxygen atoms in total. The van der Waals surface area contributed by atoms with Crippen LogP contribution in [0.1, 0.15) is 45.1 Å². The summed E-state index contributed by atoms with van der Waals surface area (Å²) < 4.78 is 33.1. The number of nitrogens with zero attached hydrogens (tertiary/aromatic N) is 1. The second kappa shape index (κ2) is 8.08. The number of methoxy groups -OCH3 is 1. The third-order valence-electron chi connectivity index (χ3n) is 4.68. The summed E-state index contributed by atoms with van der Waals surface area (Å²) >= 11 is 0. The number of hydrogen-bond acceptors (Lipinski definition) is 5. The van der Waals surface area contributed by atoms with Crippen LogP contribution in [-0.2, 0) is 21.5 Å². The maximum absolute atomic E-state index is 12.7. The molecule has 25 heavy (non-hydrogen) atoms. The van der Waals surface area contributed by atoms with Gasteiger partial charge in [-0.25, -0.2) is 0 Å². The van der Waals surface area contributed by atoms with E-state index >= 15 is 0 Å². The van der Waals surface area contributed by atoms with Gasteiger partial charge in [-0.05, 0) is 43.9 Å². The zero-order valence-corrected chi connectivity index (χ0v) is 16.1. The Morgan fingerprint density at radius 3 is 2.48 bits per heavy atom. The van der Waals surface area contributed by atoms with Gasteiger partial charge in [0.1, 0.15) is 0 Å². The lowest BCUT2D eigenvalue weighted by atomic mass is 9.84. The molecule has 0 radical (unpaired) electrons. The summed E-state index contributed by atoms with van der Waals surface area (Å²) in [5.74, 6) is 0.790. The molecule has 1 aliphatic rings. The number of rotatable bonds is 8. The van der Waals surface area contributed by atoms with Gasteiger partial charge in [0.2, 0.25) is 5.91 Å². The minimum absolute atomic E-state index is 0.120. The topological polar surface area (TPSA) is 72.9 Å². The number of carbonyl (C=O) groups excluding carboxylic acids is 1. The molecule has 1 aromatic carbocycles. The second-order valence-electron chi connectivity index (χ2n) is 6.62. The summed E-state index contributed by atoms with van der Waals surface area (Å²) in [6.07, 6.45) is 4.87. The van der Waals surface area contributed by atoms with Crippen molar-refractivity contribution < 1.29 is 22.1 Å². The number of amides is 1. The third-order valence-corrected chi connectivity index (χ3v) is 5.16. The Labute approximate surface area is 150 Å². The first-order valence-corrected chi connectivity index (χ1v) is 10.4. The molecule has 0 bridgehead atoms. The number of hydrogen-bond donors (Lipinski definition) is 0. The SMILES string of the molecule is CC[C@@H](C)N(Cc1ccc(OC)c(OS(C)(=O)=O)c1)C(=O)C1CCC1. The first-order chi connectivity index (χ1) is 11.7. The molecule has 140 valence electrons. The van der Waals surface area contributed by atoms with Crippen molar-refractivity contribution in [2.75, 3.05) is 13.4 Å². The van der Waals surface area contributed by atoms with Crippen LogP contribution in [0.3, 0.4) is 0 Å². The maximum atomic E-state index is 12.7. The fourth-order valence-corrected chi connectivity index (χ4v) is 3.26. The fraction of sp³-hybridized carbons (Fsp3) is 0.611. The van der Waals surface area contributed by atoms with Gasteiger partial charge in [0.25, 0.3) is 0 Å². The average molecular weight is 369 g/mol. The summed E-state index contributed by atoms with van der Waals surface area (Å²) in [5, 5.41) is 0. The van der Waals surface area contributed by atoms with Crippen molar-refractivity contribution in [3.05, 3.63) is 23.8 Å². The fourth-order valence-electron chi connectivity index (χ4n) is 2.81. The molecule has 0 aliphatic heterocycles. The molecule has 1 aliphatic carbocycles. The predicted molar refractivity (Wildman–Crippen MR) is 96.1 cm³/mol. The van der Waals surface area contributed by atoms with Gasteiger partial charge in [-0.2, -0.15) is 8.42 Å². The van der Waals surface area contributed by atoms with Gasteiger partial charge in [0.05, 0.1) is 13.4 Å². The Bertz CT molecular complexity index is 712. The largest absolute Gasteiger partial charge is 0.493 e. The highest BCUT2D eigenvalue weighted by Gasteiger charge is 2.31. The van der Waals surface area contributed by atoms with Crippen molar-refractivity contribution in [2.24, 2.45) is 5.92 Å². The van der Waals surface area contributed by atoms with Crippen molar-refractivity contribution in [3.8, 4) is 11.5 Å². The quantitative estimate of drug-likeness (QED) is 0.659. The predicted octanol–water partition coefficient (Wildman–Crippen LogP) is 2.96. The molecule has 0 aromatic heterocycles. The number of ether oxygens (including phenoxy) is 1. The Balaban J connectivity index is 2.25. The molecular formula is C18H27NO5S. The van der Waals surface area contributed by atoms with Gasteiger partial charge < -0.3 is 13.8 Å². The zero-order valence-electron chi connectivity index (χ0n) is 15.3. The molecule has 1 aromatic rings. The van der Waals surface area contributed by atoms with Crippen LogP contribution in [0.15, 0.2) is 18.2 Å². The van der Waals surface area contributed by atoms with Gasteiger partial charge in [0.15, 0.2) is 11.5 Å². The van der Waals surface area contributed by atoms with Crippen LogP contribution in [-0.4, -0.2) is 38.6 Å². The Morgan fingerprint density at radius 2 is 2.00 bits per heavy atom. The smallest absolute Gasteiger partial charge is 0.306 e. The highest BCUT2D eigenvalue weighted by atomic mass is 32.2. The van der Waals surface area contributed by atoms with Gasteiger partial charge in [-0.3, -0.25) is 4.79 Å². The molecule has 7 heteroatoms. The summed E-state index contributed by atoms with van der Waals surface area (Å²) in [7, 11) is -2.21. The second-order valence-corrected chi connectivity index (χ2v) is 8.20. The Kier molecular flexibility index (Phi) is 6.32. The first-order valence-electron chi connectivity index (χ1n) is 8.62. The molecule has 0 heterocycles. The van der Waals surface area contributed by atoms with Gasteiger partial charge in [-0.15, -0.1) is 0 Å². The van der Waals surface area contributed by atoms with E-state index in [1.54, 1.807) is 12.1 Å². The molecule has 1 atom stereocenters. The van der Waals surface area contributed by atoms with Crippen LogP contribution in [0.4, 0.5) is 0 Å². The van der Waals surface area contributed by atoms with E-state index in [1.165, 1.54) is 7.11 Å². The lowest BCUT2D eigenvalue weighted by molar-refractivity contribution is -0.141. The van der Waals surface area contributed by atoms with Crippen LogP contribution in [0.25, 0.3) is 0 Å². The molecule has 0 spiro atoms. The molecule has 0 saturated heterocycles. The molecule has 1 saturated carbocycles. The van der Waals surface area contributed by atoms with E-state index in [-0.39, 0.29) is 23.6 Å². The Morgan fingerprint density at radius 1 is 1.32 bits per heavy atom. The van der Waals surface area contributed by atoms with E-state index in [0.717, 1.165) is 37.5 Å².